The zero-order chi connectivity index (χ0) is 16.6. The quantitative estimate of drug-likeness (QED) is 0.748. The summed E-state index contributed by atoms with van der Waals surface area (Å²) in [6.45, 7) is -0.241. The number of aromatic nitrogens is 3. The van der Waals surface area contributed by atoms with Gasteiger partial charge in [-0.15, -0.1) is 0 Å². The summed E-state index contributed by atoms with van der Waals surface area (Å²) in [5, 5.41) is 0. The molecule has 2 heterocycles. The Morgan fingerprint density at radius 2 is 2.09 bits per heavy atom. The van der Waals surface area contributed by atoms with Gasteiger partial charge in [-0.25, -0.2) is 14.3 Å². The first-order chi connectivity index (χ1) is 11.0. The van der Waals surface area contributed by atoms with E-state index in [1.54, 1.807) is 24.3 Å². The number of ether oxygens (including phenoxy) is 2. The van der Waals surface area contributed by atoms with Crippen molar-refractivity contribution in [3.63, 3.8) is 0 Å². The maximum Gasteiger partial charge on any atom is 0.365 e. The zero-order valence-electron chi connectivity index (χ0n) is 12.6. The number of carbonyl (C=O) groups excluding carboxylic acids is 2. The molecule has 0 atom stereocenters. The Bertz CT molecular complexity index is 838. The number of benzene rings is 1. The van der Waals surface area contributed by atoms with E-state index in [2.05, 4.69) is 9.72 Å². The molecule has 0 fully saturated rings. The van der Waals surface area contributed by atoms with Gasteiger partial charge in [-0.05, 0) is 12.1 Å². The summed E-state index contributed by atoms with van der Waals surface area (Å²) in [5.74, 6) is 0.237. The Labute approximate surface area is 130 Å². The third-order valence-electron chi connectivity index (χ3n) is 3.51. The third-order valence-corrected chi connectivity index (χ3v) is 3.51. The molecule has 1 amide bonds. The van der Waals surface area contributed by atoms with Crippen molar-refractivity contribution in [2.24, 2.45) is 0 Å². The summed E-state index contributed by atoms with van der Waals surface area (Å²) in [7, 11) is 2.74. The van der Waals surface area contributed by atoms with Gasteiger partial charge in [0.05, 0.1) is 20.8 Å². The van der Waals surface area contributed by atoms with Crippen LogP contribution in [0.3, 0.4) is 0 Å². The van der Waals surface area contributed by atoms with E-state index in [1.165, 1.54) is 19.1 Å². The van der Waals surface area contributed by atoms with E-state index in [1.807, 2.05) is 0 Å². The van der Waals surface area contributed by atoms with Gasteiger partial charge in [0.2, 0.25) is 0 Å². The normalized spacial score (nSPS) is 13.1. The van der Waals surface area contributed by atoms with Gasteiger partial charge < -0.3 is 9.47 Å². The molecule has 1 aliphatic heterocycles. The highest BCUT2D eigenvalue weighted by Gasteiger charge is 2.34. The number of methoxy groups -OCH3 is 2. The first-order valence-corrected chi connectivity index (χ1v) is 6.76. The van der Waals surface area contributed by atoms with E-state index < -0.39 is 17.7 Å². The van der Waals surface area contributed by atoms with Crippen molar-refractivity contribution < 1.29 is 19.1 Å². The summed E-state index contributed by atoms with van der Waals surface area (Å²) in [4.78, 5) is 41.1. The molecule has 0 aliphatic carbocycles. The van der Waals surface area contributed by atoms with Crippen LogP contribution in [0.5, 0.6) is 5.75 Å². The molecule has 0 unspecified atom stereocenters. The molecule has 2 aromatic rings. The van der Waals surface area contributed by atoms with Crippen molar-refractivity contribution >= 4 is 17.7 Å². The summed E-state index contributed by atoms with van der Waals surface area (Å²) in [6.07, 6.45) is 0. The minimum atomic E-state index is -0.663. The second kappa shape index (κ2) is 5.59. The fourth-order valence-electron chi connectivity index (χ4n) is 2.39. The fraction of sp³-hybridized carbons (Fsp3) is 0.286. The zero-order valence-corrected chi connectivity index (χ0v) is 12.6. The van der Waals surface area contributed by atoms with E-state index in [4.69, 9.17) is 4.74 Å². The van der Waals surface area contributed by atoms with Gasteiger partial charge in [0, 0.05) is 11.8 Å². The molecule has 23 heavy (non-hydrogen) atoms. The third kappa shape index (κ3) is 2.45. The number of rotatable bonds is 4. The highest BCUT2D eigenvalue weighted by atomic mass is 16.5. The number of carbonyl (C=O) groups is 2. The Balaban J connectivity index is 1.96. The lowest BCUT2D eigenvalue weighted by atomic mass is 10.3. The van der Waals surface area contributed by atoms with Crippen molar-refractivity contribution in [1.29, 1.82) is 0 Å². The average Bonchev–Trinajstić information content (AvgIpc) is 3.04. The molecule has 120 valence electrons. The molecule has 9 nitrogen and oxygen atoms in total. The highest BCUT2D eigenvalue weighted by molar-refractivity contribution is 5.95. The van der Waals surface area contributed by atoms with Crippen LogP contribution in [0.1, 0.15) is 5.82 Å². The number of fused-ring (bicyclic) bond motifs is 1. The van der Waals surface area contributed by atoms with Crippen molar-refractivity contribution in [2.45, 2.75) is 13.1 Å². The number of anilines is 1. The first-order valence-electron chi connectivity index (χ1n) is 6.76. The highest BCUT2D eigenvalue weighted by Crippen LogP contribution is 2.26. The predicted octanol–water partition coefficient (Wildman–Crippen LogP) is 0.215. The SMILES string of the molecule is COC(=O)Cn1c(=O)nc2n1C(=O)N(c1cccc(OC)c1)C2. The van der Waals surface area contributed by atoms with Gasteiger partial charge in [-0.2, -0.15) is 9.67 Å². The van der Waals surface area contributed by atoms with Gasteiger partial charge in [0.25, 0.3) is 0 Å². The van der Waals surface area contributed by atoms with E-state index in [0.717, 1.165) is 9.36 Å². The Morgan fingerprint density at radius 1 is 1.30 bits per heavy atom. The van der Waals surface area contributed by atoms with Gasteiger partial charge >= 0.3 is 17.7 Å². The number of amides is 1. The van der Waals surface area contributed by atoms with Crippen molar-refractivity contribution in [1.82, 2.24) is 14.3 Å². The van der Waals surface area contributed by atoms with Crippen LogP contribution in [-0.4, -0.2) is 40.6 Å². The largest absolute Gasteiger partial charge is 0.497 e. The first kappa shape index (κ1) is 14.8. The minimum absolute atomic E-state index is 0.134. The second-order valence-corrected chi connectivity index (χ2v) is 4.83. The summed E-state index contributed by atoms with van der Waals surface area (Å²) in [5.41, 5.74) is -0.0547. The molecule has 0 spiro atoms. The molecule has 9 heteroatoms. The van der Waals surface area contributed by atoms with Gasteiger partial charge in [0.1, 0.15) is 12.3 Å². The molecular formula is C14H14N4O5. The monoisotopic (exact) mass is 318 g/mol. The van der Waals surface area contributed by atoms with Crippen LogP contribution in [-0.2, 0) is 22.6 Å². The van der Waals surface area contributed by atoms with E-state index in [9.17, 15) is 14.4 Å². The van der Waals surface area contributed by atoms with Crippen LogP contribution < -0.4 is 15.3 Å². The predicted molar refractivity (Wildman–Crippen MR) is 78.5 cm³/mol. The lowest BCUT2D eigenvalue weighted by Gasteiger charge is -2.16. The Hall–Kier alpha value is -3.10. The van der Waals surface area contributed by atoms with Gasteiger partial charge in [-0.3, -0.25) is 9.69 Å². The van der Waals surface area contributed by atoms with Crippen LogP contribution in [0.15, 0.2) is 29.1 Å². The number of hydrogen-bond acceptors (Lipinski definition) is 6. The van der Waals surface area contributed by atoms with Crippen LogP contribution in [0.4, 0.5) is 10.5 Å². The van der Waals surface area contributed by atoms with E-state index in [-0.39, 0.29) is 18.9 Å². The molecule has 3 rings (SSSR count). The lowest BCUT2D eigenvalue weighted by molar-refractivity contribution is -0.141. The van der Waals surface area contributed by atoms with Crippen molar-refractivity contribution in [3.05, 3.63) is 40.6 Å². The molecule has 0 saturated heterocycles. The Kier molecular flexibility index (Phi) is 3.61. The van der Waals surface area contributed by atoms with E-state index in [0.29, 0.717) is 11.4 Å². The molecule has 0 N–H and O–H groups in total. The summed E-state index contributed by atoms with van der Waals surface area (Å²) < 4.78 is 11.7. The maximum absolute atomic E-state index is 12.6. The fourth-order valence-corrected chi connectivity index (χ4v) is 2.39. The molecule has 1 aromatic carbocycles. The minimum Gasteiger partial charge on any atom is -0.497 e. The molecule has 0 bridgehead atoms. The molecule has 0 radical (unpaired) electrons. The summed E-state index contributed by atoms with van der Waals surface area (Å²) in [6, 6.07) is 6.49. The van der Waals surface area contributed by atoms with Crippen LogP contribution in [0, 0.1) is 0 Å². The van der Waals surface area contributed by atoms with Gasteiger partial charge in [0.15, 0.2) is 5.82 Å². The summed E-state index contributed by atoms with van der Waals surface area (Å²) >= 11 is 0. The number of hydrogen-bond donors (Lipinski definition) is 0. The average molecular weight is 318 g/mol. The van der Waals surface area contributed by atoms with Crippen molar-refractivity contribution in [2.75, 3.05) is 19.1 Å². The topological polar surface area (TPSA) is 95.7 Å². The van der Waals surface area contributed by atoms with Gasteiger partial charge in [-0.1, -0.05) is 6.07 Å². The van der Waals surface area contributed by atoms with E-state index >= 15 is 0 Å². The molecule has 1 aliphatic rings. The molecule has 0 saturated carbocycles. The van der Waals surface area contributed by atoms with Crippen LogP contribution in [0.25, 0.3) is 0 Å². The lowest BCUT2D eigenvalue weighted by Crippen LogP contribution is -2.35. The number of esters is 1. The molecular weight excluding hydrogens is 304 g/mol. The van der Waals surface area contributed by atoms with Crippen LogP contribution >= 0.6 is 0 Å². The smallest absolute Gasteiger partial charge is 0.365 e. The Morgan fingerprint density at radius 3 is 2.78 bits per heavy atom. The number of nitrogens with zero attached hydrogens (tertiary/aromatic N) is 4. The second-order valence-electron chi connectivity index (χ2n) is 4.83. The standard InChI is InChI=1S/C14H14N4O5/c1-22-10-5-3-4-9(6-10)16-7-11-15-13(20)17(8-12(19)23-2)18(11)14(16)21/h3-6H,7-8H2,1-2H3. The maximum atomic E-state index is 12.6. The molecule has 1 aromatic heterocycles. The van der Waals surface area contributed by atoms with Crippen molar-refractivity contribution in [3.8, 4) is 5.75 Å². The van der Waals surface area contributed by atoms with Crippen LogP contribution in [0.2, 0.25) is 0 Å².